The van der Waals surface area contributed by atoms with Crippen molar-refractivity contribution in [1.82, 2.24) is 0 Å². The number of benzene rings is 11. The second-order valence-corrected chi connectivity index (χ2v) is 15.7. The van der Waals surface area contributed by atoms with Gasteiger partial charge in [-0.2, -0.15) is 0 Å². The summed E-state index contributed by atoms with van der Waals surface area (Å²) in [5.41, 5.74) is 15.2. The van der Waals surface area contributed by atoms with Crippen LogP contribution in [0.3, 0.4) is 0 Å². The zero-order valence-electron chi connectivity index (χ0n) is 33.6. The molecular weight excluding hydrogens is 735 g/mol. The predicted octanol–water partition coefficient (Wildman–Crippen LogP) is 17.0. The molecule has 11 aromatic carbocycles. The Labute approximate surface area is 357 Å². The Balaban J connectivity index is 1.05. The third-order valence-corrected chi connectivity index (χ3v) is 12.1. The summed E-state index contributed by atoms with van der Waals surface area (Å²) in [7, 11) is 0. The monoisotopic (exact) mass is 775 g/mol. The average Bonchev–Trinajstić information content (AvgIpc) is 3.34. The molecule has 61 heavy (non-hydrogen) atoms. The maximum absolute atomic E-state index is 2.42. The summed E-state index contributed by atoms with van der Waals surface area (Å²) in [4.78, 5) is 2.42. The van der Waals surface area contributed by atoms with Crippen LogP contribution in [0.4, 0.5) is 17.1 Å². The van der Waals surface area contributed by atoms with Crippen LogP contribution < -0.4 is 4.90 Å². The minimum atomic E-state index is 1.09. The van der Waals surface area contributed by atoms with Gasteiger partial charge in [-0.05, 0) is 119 Å². The highest BCUT2D eigenvalue weighted by atomic mass is 15.1. The van der Waals surface area contributed by atoms with E-state index in [1.807, 2.05) is 0 Å². The number of fused-ring (bicyclic) bond motifs is 4. The lowest BCUT2D eigenvalue weighted by Gasteiger charge is -2.29. The Hall–Kier alpha value is -8.00. The average molecular weight is 776 g/mol. The lowest BCUT2D eigenvalue weighted by Crippen LogP contribution is -2.11. The molecule has 0 atom stereocenters. The van der Waals surface area contributed by atoms with E-state index in [2.05, 4.69) is 254 Å². The van der Waals surface area contributed by atoms with Crippen LogP contribution in [0.25, 0.3) is 88.0 Å². The van der Waals surface area contributed by atoms with E-state index in [-0.39, 0.29) is 0 Å². The standard InChI is InChI=1S/C60H41N/c1-2-15-43(16-3-1)54-22-8-9-23-56(54)57-24-10-11-25-58(57)59-26-12-13-28-60(59)61(50-38-33-46(34-39-50)53-27-14-19-44-17-4-6-20-51(44)53)49-36-31-42(32-37-49)47-35-40-55-48(41-47)30-29-45-18-5-7-21-52(45)55/h1-41H. The van der Waals surface area contributed by atoms with Crippen LogP contribution in [0.15, 0.2) is 249 Å². The molecule has 0 aliphatic heterocycles. The molecule has 0 bridgehead atoms. The Morgan fingerprint density at radius 2 is 0.656 bits per heavy atom. The van der Waals surface area contributed by atoms with E-state index in [1.54, 1.807) is 0 Å². The van der Waals surface area contributed by atoms with Gasteiger partial charge in [-0.15, -0.1) is 0 Å². The van der Waals surface area contributed by atoms with Crippen LogP contribution in [0.5, 0.6) is 0 Å². The van der Waals surface area contributed by atoms with Gasteiger partial charge in [0.1, 0.15) is 0 Å². The number of rotatable bonds is 8. The Bertz CT molecular complexity index is 3340. The molecule has 0 unspecified atom stereocenters. The third-order valence-electron chi connectivity index (χ3n) is 12.1. The van der Waals surface area contributed by atoms with E-state index in [4.69, 9.17) is 0 Å². The topological polar surface area (TPSA) is 3.24 Å². The zero-order valence-corrected chi connectivity index (χ0v) is 33.6. The van der Waals surface area contributed by atoms with Gasteiger partial charge in [0, 0.05) is 16.9 Å². The van der Waals surface area contributed by atoms with Crippen molar-refractivity contribution in [2.75, 3.05) is 4.90 Å². The number of nitrogens with zero attached hydrogens (tertiary/aromatic N) is 1. The van der Waals surface area contributed by atoms with Crippen molar-refractivity contribution in [3.63, 3.8) is 0 Å². The lowest BCUT2D eigenvalue weighted by molar-refractivity contribution is 1.28. The quantitative estimate of drug-likeness (QED) is 0.139. The van der Waals surface area contributed by atoms with Crippen LogP contribution in [-0.2, 0) is 0 Å². The summed E-state index contributed by atoms with van der Waals surface area (Å²) in [6.45, 7) is 0. The van der Waals surface area contributed by atoms with Crippen molar-refractivity contribution >= 4 is 49.4 Å². The first-order valence-corrected chi connectivity index (χ1v) is 21.0. The zero-order chi connectivity index (χ0) is 40.5. The van der Waals surface area contributed by atoms with Gasteiger partial charge in [0.2, 0.25) is 0 Å². The van der Waals surface area contributed by atoms with Crippen molar-refractivity contribution in [3.8, 4) is 55.6 Å². The van der Waals surface area contributed by atoms with Gasteiger partial charge < -0.3 is 4.90 Å². The summed E-state index contributed by atoms with van der Waals surface area (Å²) in [6.07, 6.45) is 0. The molecule has 1 nitrogen and oxygen atoms in total. The van der Waals surface area contributed by atoms with Crippen LogP contribution in [0.2, 0.25) is 0 Å². The summed E-state index contributed by atoms with van der Waals surface area (Å²) < 4.78 is 0. The Kier molecular flexibility index (Phi) is 9.26. The number of anilines is 3. The molecule has 0 saturated heterocycles. The molecule has 11 aromatic rings. The summed E-state index contributed by atoms with van der Waals surface area (Å²) in [5.74, 6) is 0. The van der Waals surface area contributed by atoms with Crippen molar-refractivity contribution in [2.24, 2.45) is 0 Å². The largest absolute Gasteiger partial charge is 0.310 e. The summed E-state index contributed by atoms with van der Waals surface area (Å²) >= 11 is 0. The fraction of sp³-hybridized carbons (Fsp3) is 0. The van der Waals surface area contributed by atoms with Gasteiger partial charge in [0.15, 0.2) is 0 Å². The predicted molar refractivity (Wildman–Crippen MR) is 261 cm³/mol. The van der Waals surface area contributed by atoms with Gasteiger partial charge in [-0.25, -0.2) is 0 Å². The summed E-state index contributed by atoms with van der Waals surface area (Å²) in [5, 5.41) is 7.57. The molecule has 286 valence electrons. The highest BCUT2D eigenvalue weighted by Crippen LogP contribution is 2.46. The van der Waals surface area contributed by atoms with Gasteiger partial charge in [0.25, 0.3) is 0 Å². The van der Waals surface area contributed by atoms with Crippen molar-refractivity contribution < 1.29 is 0 Å². The third kappa shape index (κ3) is 6.73. The molecule has 1 heteroatoms. The second kappa shape index (κ2) is 15.6. The molecule has 0 saturated carbocycles. The van der Waals surface area contributed by atoms with E-state index in [9.17, 15) is 0 Å². The van der Waals surface area contributed by atoms with Crippen LogP contribution in [-0.4, -0.2) is 0 Å². The fourth-order valence-corrected chi connectivity index (χ4v) is 9.13. The van der Waals surface area contributed by atoms with Gasteiger partial charge >= 0.3 is 0 Å². The normalized spacial score (nSPS) is 11.3. The van der Waals surface area contributed by atoms with Crippen LogP contribution in [0, 0.1) is 0 Å². The van der Waals surface area contributed by atoms with E-state index < -0.39 is 0 Å². The molecule has 0 radical (unpaired) electrons. The summed E-state index contributed by atoms with van der Waals surface area (Å²) in [6, 6.07) is 90.4. The van der Waals surface area contributed by atoms with Gasteiger partial charge in [-0.3, -0.25) is 0 Å². The molecule has 0 amide bonds. The van der Waals surface area contributed by atoms with Crippen molar-refractivity contribution in [2.45, 2.75) is 0 Å². The molecule has 0 heterocycles. The first-order chi connectivity index (χ1) is 30.3. The first kappa shape index (κ1) is 36.1. The second-order valence-electron chi connectivity index (χ2n) is 15.7. The van der Waals surface area contributed by atoms with E-state index in [0.29, 0.717) is 0 Å². The number of para-hydroxylation sites is 1. The molecule has 0 aliphatic rings. The van der Waals surface area contributed by atoms with Gasteiger partial charge in [-0.1, -0.05) is 212 Å². The van der Waals surface area contributed by atoms with E-state index in [1.165, 1.54) is 82.4 Å². The molecule has 0 aliphatic carbocycles. The highest BCUT2D eigenvalue weighted by Gasteiger charge is 2.20. The smallest absolute Gasteiger partial charge is 0.0540 e. The number of hydrogen-bond donors (Lipinski definition) is 0. The molecule has 0 spiro atoms. The van der Waals surface area contributed by atoms with Crippen LogP contribution >= 0.6 is 0 Å². The minimum Gasteiger partial charge on any atom is -0.310 e. The SMILES string of the molecule is c1ccc(-c2ccccc2-c2ccccc2-c2ccccc2N(c2ccc(-c3ccc4c(ccc5ccccc54)c3)cc2)c2ccc(-c3cccc4ccccc34)cc2)cc1. The van der Waals surface area contributed by atoms with Crippen molar-refractivity contribution in [3.05, 3.63) is 249 Å². The van der Waals surface area contributed by atoms with Crippen molar-refractivity contribution in [1.29, 1.82) is 0 Å². The Morgan fingerprint density at radius 1 is 0.213 bits per heavy atom. The fourth-order valence-electron chi connectivity index (χ4n) is 9.13. The maximum atomic E-state index is 2.42. The molecular formula is C60H41N. The van der Waals surface area contributed by atoms with Crippen LogP contribution in [0.1, 0.15) is 0 Å². The Morgan fingerprint density at radius 3 is 1.38 bits per heavy atom. The first-order valence-electron chi connectivity index (χ1n) is 21.0. The van der Waals surface area contributed by atoms with E-state index >= 15 is 0 Å². The minimum absolute atomic E-state index is 1.09. The van der Waals surface area contributed by atoms with E-state index in [0.717, 1.165) is 22.6 Å². The molecule has 0 N–H and O–H groups in total. The highest BCUT2D eigenvalue weighted by molar-refractivity contribution is 6.08. The van der Waals surface area contributed by atoms with Gasteiger partial charge in [0.05, 0.1) is 5.69 Å². The maximum Gasteiger partial charge on any atom is 0.0540 e. The molecule has 11 rings (SSSR count). The lowest BCUT2D eigenvalue weighted by atomic mass is 9.88. The number of hydrogen-bond acceptors (Lipinski definition) is 1. The molecule has 0 fully saturated rings. The molecule has 0 aromatic heterocycles.